The zero-order valence-corrected chi connectivity index (χ0v) is 14.2. The van der Waals surface area contributed by atoms with Crippen LogP contribution in [0.1, 0.15) is 17.8 Å². The molecule has 1 unspecified atom stereocenters. The van der Waals surface area contributed by atoms with Gasteiger partial charge in [-0.1, -0.05) is 30.3 Å². The van der Waals surface area contributed by atoms with Crippen molar-refractivity contribution in [1.82, 2.24) is 14.9 Å². The van der Waals surface area contributed by atoms with Gasteiger partial charge >= 0.3 is 0 Å². The van der Waals surface area contributed by atoms with Gasteiger partial charge in [0.2, 0.25) is 0 Å². The molecule has 0 aliphatic carbocycles. The summed E-state index contributed by atoms with van der Waals surface area (Å²) in [5.41, 5.74) is 3.25. The Labute approximate surface area is 146 Å². The largest absolute Gasteiger partial charge is 0.480 e. The van der Waals surface area contributed by atoms with Crippen LogP contribution in [0, 0.1) is 6.92 Å². The van der Waals surface area contributed by atoms with E-state index in [-0.39, 0.29) is 5.91 Å². The number of nitrogens with one attached hydrogen (secondary N) is 1. The second-order valence-corrected chi connectivity index (χ2v) is 6.36. The number of aromatic nitrogens is 2. The summed E-state index contributed by atoms with van der Waals surface area (Å²) in [5, 5.41) is 2.99. The quantitative estimate of drug-likeness (QED) is 0.730. The van der Waals surface area contributed by atoms with E-state index in [4.69, 9.17) is 4.74 Å². The van der Waals surface area contributed by atoms with Crippen molar-refractivity contribution in [3.63, 3.8) is 0 Å². The minimum atomic E-state index is -0.409. The van der Waals surface area contributed by atoms with Crippen LogP contribution in [0.25, 0.3) is 11.0 Å². The monoisotopic (exact) mass is 335 g/mol. The molecule has 3 aromatic rings. The zero-order chi connectivity index (χ0) is 17.2. The molecule has 4 rings (SSSR count). The average molecular weight is 335 g/mol. The van der Waals surface area contributed by atoms with Crippen molar-refractivity contribution >= 4 is 16.9 Å². The SMILES string of the molecule is Cc1nc2ccccc2n1CCCNC(=O)C1Cc2ccccc2O1. The Morgan fingerprint density at radius 1 is 1.24 bits per heavy atom. The van der Waals surface area contributed by atoms with E-state index in [1.54, 1.807) is 0 Å². The Morgan fingerprint density at radius 3 is 2.92 bits per heavy atom. The van der Waals surface area contributed by atoms with Gasteiger partial charge in [-0.15, -0.1) is 0 Å². The molecule has 1 aliphatic heterocycles. The van der Waals surface area contributed by atoms with Gasteiger partial charge in [0.25, 0.3) is 5.91 Å². The van der Waals surface area contributed by atoms with Crippen molar-refractivity contribution in [2.45, 2.75) is 32.4 Å². The van der Waals surface area contributed by atoms with Gasteiger partial charge in [0.05, 0.1) is 11.0 Å². The third kappa shape index (κ3) is 3.09. The molecule has 0 saturated heterocycles. The van der Waals surface area contributed by atoms with Crippen molar-refractivity contribution in [2.75, 3.05) is 6.54 Å². The second kappa shape index (κ2) is 6.59. The van der Waals surface area contributed by atoms with Crippen molar-refractivity contribution < 1.29 is 9.53 Å². The number of carbonyl (C=O) groups is 1. The van der Waals surface area contributed by atoms with Crippen LogP contribution in [0.5, 0.6) is 5.75 Å². The van der Waals surface area contributed by atoms with E-state index in [9.17, 15) is 4.79 Å². The summed E-state index contributed by atoms with van der Waals surface area (Å²) in [6.07, 6.45) is 1.09. The van der Waals surface area contributed by atoms with Crippen LogP contribution in [0.2, 0.25) is 0 Å². The van der Waals surface area contributed by atoms with Gasteiger partial charge in [-0.3, -0.25) is 4.79 Å². The summed E-state index contributed by atoms with van der Waals surface area (Å²) in [4.78, 5) is 16.9. The number of fused-ring (bicyclic) bond motifs is 2. The minimum absolute atomic E-state index is 0.0385. The van der Waals surface area contributed by atoms with Crippen LogP contribution in [-0.4, -0.2) is 28.1 Å². The molecule has 2 heterocycles. The summed E-state index contributed by atoms with van der Waals surface area (Å²) >= 11 is 0. The lowest BCUT2D eigenvalue weighted by Gasteiger charge is -2.12. The molecule has 5 nitrogen and oxygen atoms in total. The first-order valence-corrected chi connectivity index (χ1v) is 8.66. The first-order valence-electron chi connectivity index (χ1n) is 8.66. The highest BCUT2D eigenvalue weighted by atomic mass is 16.5. The van der Waals surface area contributed by atoms with Crippen LogP contribution in [0.3, 0.4) is 0 Å². The molecule has 1 atom stereocenters. The molecule has 1 aliphatic rings. The molecule has 1 aromatic heterocycles. The van der Waals surface area contributed by atoms with Crippen LogP contribution in [0.4, 0.5) is 0 Å². The molecule has 0 radical (unpaired) electrons. The van der Waals surface area contributed by atoms with E-state index in [1.807, 2.05) is 49.4 Å². The Kier molecular flexibility index (Phi) is 4.14. The van der Waals surface area contributed by atoms with Crippen LogP contribution in [-0.2, 0) is 17.8 Å². The Morgan fingerprint density at radius 2 is 2.04 bits per heavy atom. The number of rotatable bonds is 5. The molecule has 0 saturated carbocycles. The minimum Gasteiger partial charge on any atom is -0.480 e. The Hall–Kier alpha value is -2.82. The van der Waals surface area contributed by atoms with Crippen molar-refractivity contribution in [3.05, 3.63) is 59.9 Å². The topological polar surface area (TPSA) is 56.2 Å². The van der Waals surface area contributed by atoms with E-state index in [0.29, 0.717) is 13.0 Å². The van der Waals surface area contributed by atoms with Crippen LogP contribution >= 0.6 is 0 Å². The third-order valence-electron chi connectivity index (χ3n) is 4.64. The highest BCUT2D eigenvalue weighted by Crippen LogP contribution is 2.28. The number of amides is 1. The van der Waals surface area contributed by atoms with Crippen molar-refractivity contribution in [3.8, 4) is 5.75 Å². The molecule has 2 aromatic carbocycles. The molecular formula is C20H21N3O2. The number of benzene rings is 2. The van der Waals surface area contributed by atoms with E-state index in [1.165, 1.54) is 0 Å². The average Bonchev–Trinajstić information content (AvgIpc) is 3.19. The summed E-state index contributed by atoms with van der Waals surface area (Å²) < 4.78 is 7.92. The van der Waals surface area contributed by atoms with Gasteiger partial charge < -0.3 is 14.6 Å². The standard InChI is InChI=1S/C20H21N3O2/c1-14-22-16-8-3-4-9-17(16)23(14)12-6-11-21-20(24)19-13-15-7-2-5-10-18(15)25-19/h2-5,7-10,19H,6,11-13H2,1H3,(H,21,24). The van der Waals surface area contributed by atoms with Crippen LogP contribution in [0.15, 0.2) is 48.5 Å². The molecule has 0 fully saturated rings. The van der Waals surface area contributed by atoms with Crippen molar-refractivity contribution in [2.24, 2.45) is 0 Å². The van der Waals surface area contributed by atoms with Gasteiger partial charge in [-0.25, -0.2) is 4.98 Å². The number of aryl methyl sites for hydroxylation is 2. The van der Waals surface area contributed by atoms with Gasteiger partial charge in [0.1, 0.15) is 11.6 Å². The fourth-order valence-corrected chi connectivity index (χ4v) is 3.37. The zero-order valence-electron chi connectivity index (χ0n) is 14.2. The maximum absolute atomic E-state index is 12.3. The number of carbonyl (C=O) groups excluding carboxylic acids is 1. The van der Waals surface area contributed by atoms with Gasteiger partial charge in [-0.05, 0) is 37.1 Å². The normalized spacial score (nSPS) is 15.8. The fourth-order valence-electron chi connectivity index (χ4n) is 3.37. The maximum atomic E-state index is 12.3. The van der Waals surface area contributed by atoms with E-state index in [2.05, 4.69) is 20.9 Å². The Bertz CT molecular complexity index is 891. The number of para-hydroxylation sites is 3. The molecule has 25 heavy (non-hydrogen) atoms. The number of imidazole rings is 1. The number of hydrogen-bond donors (Lipinski definition) is 1. The molecule has 1 N–H and O–H groups in total. The number of nitrogens with zero attached hydrogens (tertiary/aromatic N) is 2. The summed E-state index contributed by atoms with van der Waals surface area (Å²) in [7, 11) is 0. The van der Waals surface area contributed by atoms with E-state index < -0.39 is 6.10 Å². The molecule has 0 bridgehead atoms. The maximum Gasteiger partial charge on any atom is 0.261 e. The van der Waals surface area contributed by atoms with Crippen molar-refractivity contribution in [1.29, 1.82) is 0 Å². The predicted octanol–water partition coefficient (Wildman–Crippen LogP) is 2.85. The summed E-state index contributed by atoms with van der Waals surface area (Å²) in [5.74, 6) is 1.79. The first-order chi connectivity index (χ1) is 12.2. The lowest BCUT2D eigenvalue weighted by molar-refractivity contribution is -0.127. The number of ether oxygens (including phenoxy) is 1. The van der Waals surface area contributed by atoms with Gasteiger partial charge in [-0.2, -0.15) is 0 Å². The highest BCUT2D eigenvalue weighted by Gasteiger charge is 2.28. The molecule has 0 spiro atoms. The lowest BCUT2D eigenvalue weighted by Crippen LogP contribution is -2.38. The molecule has 5 heteroatoms. The van der Waals surface area contributed by atoms with E-state index in [0.717, 1.165) is 41.1 Å². The van der Waals surface area contributed by atoms with Gasteiger partial charge in [0, 0.05) is 19.5 Å². The second-order valence-electron chi connectivity index (χ2n) is 6.36. The third-order valence-corrected chi connectivity index (χ3v) is 4.64. The molecule has 1 amide bonds. The predicted molar refractivity (Wildman–Crippen MR) is 96.7 cm³/mol. The van der Waals surface area contributed by atoms with Crippen LogP contribution < -0.4 is 10.1 Å². The summed E-state index contributed by atoms with van der Waals surface area (Å²) in [6, 6.07) is 15.9. The molecule has 128 valence electrons. The smallest absolute Gasteiger partial charge is 0.261 e. The van der Waals surface area contributed by atoms with Gasteiger partial charge in [0.15, 0.2) is 6.10 Å². The fraction of sp³-hybridized carbons (Fsp3) is 0.300. The lowest BCUT2D eigenvalue weighted by atomic mass is 10.1. The highest BCUT2D eigenvalue weighted by molar-refractivity contribution is 5.82. The number of hydrogen-bond acceptors (Lipinski definition) is 3. The summed E-state index contributed by atoms with van der Waals surface area (Å²) in [6.45, 7) is 3.47. The first kappa shape index (κ1) is 15.7. The Balaban J connectivity index is 1.30. The molecular weight excluding hydrogens is 314 g/mol. The van der Waals surface area contributed by atoms with E-state index >= 15 is 0 Å².